The number of amides is 2. The number of benzene rings is 1. The number of rotatable bonds is 10. The van der Waals surface area contributed by atoms with Gasteiger partial charge >= 0.3 is 0 Å². The summed E-state index contributed by atoms with van der Waals surface area (Å²) in [6.45, 7) is 3.20. The quantitative estimate of drug-likeness (QED) is 0.504. The van der Waals surface area contributed by atoms with Crippen LogP contribution in [0.1, 0.15) is 60.2 Å². The number of methoxy groups -OCH3 is 1. The second kappa shape index (κ2) is 13.2. The van der Waals surface area contributed by atoms with Gasteiger partial charge in [0.15, 0.2) is 0 Å². The van der Waals surface area contributed by atoms with Crippen LogP contribution in [0.15, 0.2) is 41.8 Å². The summed E-state index contributed by atoms with van der Waals surface area (Å²) in [5, 5.41) is 4.85. The van der Waals surface area contributed by atoms with E-state index in [1.807, 2.05) is 29.6 Å². The lowest BCUT2D eigenvalue weighted by Crippen LogP contribution is -2.58. The highest BCUT2D eigenvalue weighted by Crippen LogP contribution is 2.31. The number of piperidine rings is 1. The van der Waals surface area contributed by atoms with E-state index in [9.17, 15) is 9.59 Å². The fourth-order valence-corrected chi connectivity index (χ4v) is 6.35. The highest BCUT2D eigenvalue weighted by Gasteiger charge is 2.39. The molecule has 0 spiro atoms. The molecule has 8 heteroatoms. The minimum atomic E-state index is -0.496. The van der Waals surface area contributed by atoms with Crippen LogP contribution in [0.2, 0.25) is 0 Å². The van der Waals surface area contributed by atoms with Gasteiger partial charge in [-0.15, -0.1) is 11.3 Å². The number of nitrogens with two attached hydrogens (primary N) is 1. The Morgan fingerprint density at radius 1 is 1.17 bits per heavy atom. The molecular formula is C28H40N4O3S. The first-order chi connectivity index (χ1) is 17.6. The largest absolute Gasteiger partial charge is 0.497 e. The molecule has 1 saturated heterocycles. The van der Waals surface area contributed by atoms with Crippen molar-refractivity contribution in [2.24, 2.45) is 11.7 Å². The van der Waals surface area contributed by atoms with Crippen molar-refractivity contribution in [2.45, 2.75) is 63.6 Å². The van der Waals surface area contributed by atoms with Crippen molar-refractivity contribution < 1.29 is 14.3 Å². The number of carbonyl (C=O) groups is 2. The average Bonchev–Trinajstić information content (AvgIpc) is 3.46. The molecular weight excluding hydrogens is 472 g/mol. The molecule has 2 fully saturated rings. The van der Waals surface area contributed by atoms with Crippen LogP contribution in [0, 0.1) is 5.92 Å². The molecule has 2 heterocycles. The lowest BCUT2D eigenvalue weighted by molar-refractivity contribution is -0.127. The first-order valence-corrected chi connectivity index (χ1v) is 14.2. The molecule has 4 rings (SSSR count). The van der Waals surface area contributed by atoms with Crippen LogP contribution in [0.25, 0.3) is 0 Å². The normalized spacial score (nSPS) is 20.9. The number of ether oxygens (including phenoxy) is 1. The van der Waals surface area contributed by atoms with E-state index in [1.165, 1.54) is 49.0 Å². The van der Waals surface area contributed by atoms with Gasteiger partial charge in [-0.2, -0.15) is 0 Å². The summed E-state index contributed by atoms with van der Waals surface area (Å²) in [5.74, 6) is 1.39. The number of carbonyl (C=O) groups excluding carboxylic acids is 2. The smallest absolute Gasteiger partial charge is 0.264 e. The number of thiophene rings is 1. The molecule has 1 aromatic heterocycles. The van der Waals surface area contributed by atoms with Gasteiger partial charge in [0.25, 0.3) is 5.91 Å². The van der Waals surface area contributed by atoms with Crippen molar-refractivity contribution >= 4 is 23.2 Å². The van der Waals surface area contributed by atoms with Gasteiger partial charge in [0.2, 0.25) is 5.91 Å². The second-order valence-corrected chi connectivity index (χ2v) is 11.0. The lowest BCUT2D eigenvalue weighted by Gasteiger charge is -2.44. The summed E-state index contributed by atoms with van der Waals surface area (Å²) in [7, 11) is 1.70. The Morgan fingerprint density at radius 2 is 2.00 bits per heavy atom. The van der Waals surface area contributed by atoms with Crippen LogP contribution >= 0.6 is 11.3 Å². The molecule has 3 N–H and O–H groups in total. The van der Waals surface area contributed by atoms with Crippen molar-refractivity contribution in [3.8, 4) is 5.75 Å². The minimum Gasteiger partial charge on any atom is -0.497 e. The third kappa shape index (κ3) is 6.87. The van der Waals surface area contributed by atoms with Crippen LogP contribution in [0.4, 0.5) is 0 Å². The Hall–Kier alpha value is -2.42. The van der Waals surface area contributed by atoms with Crippen LogP contribution in [-0.4, -0.2) is 67.0 Å². The topological polar surface area (TPSA) is 87.9 Å². The van der Waals surface area contributed by atoms with E-state index >= 15 is 0 Å². The molecule has 196 valence electrons. The fraction of sp³-hybridized carbons (Fsp3) is 0.571. The van der Waals surface area contributed by atoms with E-state index in [1.54, 1.807) is 12.0 Å². The fourth-order valence-electron chi connectivity index (χ4n) is 5.67. The zero-order valence-corrected chi connectivity index (χ0v) is 22.2. The van der Waals surface area contributed by atoms with Crippen molar-refractivity contribution in [1.82, 2.24) is 15.1 Å². The summed E-state index contributed by atoms with van der Waals surface area (Å²) in [4.78, 5) is 31.6. The maximum Gasteiger partial charge on any atom is 0.264 e. The van der Waals surface area contributed by atoms with E-state index in [4.69, 9.17) is 10.5 Å². The number of hydrogen-bond donors (Lipinski definition) is 2. The Kier molecular flexibility index (Phi) is 9.78. The van der Waals surface area contributed by atoms with Crippen molar-refractivity contribution in [3.63, 3.8) is 0 Å². The summed E-state index contributed by atoms with van der Waals surface area (Å²) >= 11 is 1.43. The summed E-state index contributed by atoms with van der Waals surface area (Å²) in [6, 6.07) is 11.7. The first kappa shape index (κ1) is 26.6. The van der Waals surface area contributed by atoms with Crippen molar-refractivity contribution in [2.75, 3.05) is 33.3 Å². The van der Waals surface area contributed by atoms with Crippen LogP contribution in [0.5, 0.6) is 5.75 Å². The standard InChI is InChI=1S/C28H40N4O3S/c1-35-24-10-5-9-22(17-24)20-31(19-21-7-3-2-4-8-21)23-12-15-32(28(34)26-11-6-16-36-26)25(18-23)27(33)30-14-13-29/h5-6,9-11,16-17,21,23,25H,2-4,7-8,12-15,18-20,29H2,1H3,(H,30,33)/t23?,25-/m1/s1. The van der Waals surface area contributed by atoms with E-state index in [2.05, 4.69) is 22.3 Å². The summed E-state index contributed by atoms with van der Waals surface area (Å²) in [5.41, 5.74) is 6.87. The van der Waals surface area contributed by atoms with E-state index in [0.717, 1.165) is 25.3 Å². The number of nitrogens with zero attached hydrogens (tertiary/aromatic N) is 2. The molecule has 0 bridgehead atoms. The SMILES string of the molecule is COc1cccc(CN(CC2CCCCC2)C2CCN(C(=O)c3cccs3)[C@@H](C(=O)NCCN)C2)c1. The first-order valence-electron chi connectivity index (χ1n) is 13.3. The Labute approximate surface area is 219 Å². The van der Waals surface area contributed by atoms with Crippen molar-refractivity contribution in [3.05, 3.63) is 52.2 Å². The average molecular weight is 513 g/mol. The number of likely N-dealkylation sites (tertiary alicyclic amines) is 1. The Morgan fingerprint density at radius 3 is 2.72 bits per heavy atom. The van der Waals surface area contributed by atoms with Gasteiger partial charge in [-0.25, -0.2) is 0 Å². The molecule has 36 heavy (non-hydrogen) atoms. The predicted octanol–water partition coefficient (Wildman–Crippen LogP) is 3.89. The van der Waals surface area contributed by atoms with Gasteiger partial charge in [-0.3, -0.25) is 14.5 Å². The van der Waals surface area contributed by atoms with Crippen molar-refractivity contribution in [1.29, 1.82) is 0 Å². The maximum atomic E-state index is 13.3. The Balaban J connectivity index is 1.55. The number of nitrogens with one attached hydrogen (secondary N) is 1. The number of hydrogen-bond acceptors (Lipinski definition) is 6. The van der Waals surface area contributed by atoms with Crippen LogP contribution < -0.4 is 15.8 Å². The molecule has 1 aromatic carbocycles. The molecule has 2 amide bonds. The Bertz CT molecular complexity index is 977. The third-order valence-electron chi connectivity index (χ3n) is 7.57. The molecule has 0 radical (unpaired) electrons. The van der Waals surface area contributed by atoms with Gasteiger partial charge in [0.05, 0.1) is 12.0 Å². The molecule has 7 nitrogen and oxygen atoms in total. The monoisotopic (exact) mass is 512 g/mol. The van der Waals surface area contributed by atoms with E-state index in [-0.39, 0.29) is 17.9 Å². The third-order valence-corrected chi connectivity index (χ3v) is 8.43. The van der Waals surface area contributed by atoms with Crippen LogP contribution in [-0.2, 0) is 11.3 Å². The molecule has 2 atom stereocenters. The summed E-state index contributed by atoms with van der Waals surface area (Å²) < 4.78 is 5.47. The highest BCUT2D eigenvalue weighted by atomic mass is 32.1. The van der Waals surface area contributed by atoms with Gasteiger partial charge in [-0.1, -0.05) is 37.5 Å². The highest BCUT2D eigenvalue weighted by molar-refractivity contribution is 7.12. The summed E-state index contributed by atoms with van der Waals surface area (Å²) in [6.07, 6.45) is 7.96. The zero-order valence-electron chi connectivity index (χ0n) is 21.4. The molecule has 1 aliphatic heterocycles. The molecule has 1 aliphatic carbocycles. The van der Waals surface area contributed by atoms with Gasteiger partial charge in [0.1, 0.15) is 11.8 Å². The lowest BCUT2D eigenvalue weighted by atomic mass is 9.87. The van der Waals surface area contributed by atoms with Gasteiger partial charge < -0.3 is 20.7 Å². The van der Waals surface area contributed by atoms with E-state index in [0.29, 0.717) is 36.9 Å². The van der Waals surface area contributed by atoms with E-state index < -0.39 is 6.04 Å². The maximum absolute atomic E-state index is 13.3. The minimum absolute atomic E-state index is 0.0528. The molecule has 1 saturated carbocycles. The zero-order chi connectivity index (χ0) is 25.3. The molecule has 2 aromatic rings. The van der Waals surface area contributed by atoms with Gasteiger partial charge in [0, 0.05) is 38.8 Å². The van der Waals surface area contributed by atoms with Crippen LogP contribution in [0.3, 0.4) is 0 Å². The molecule has 1 unspecified atom stereocenters. The molecule has 2 aliphatic rings. The second-order valence-electron chi connectivity index (χ2n) is 10.0. The van der Waals surface area contributed by atoms with Gasteiger partial charge in [-0.05, 0) is 60.7 Å². The predicted molar refractivity (Wildman–Crippen MR) is 144 cm³/mol.